The Hall–Kier alpha value is -0.980. The fourth-order valence-corrected chi connectivity index (χ4v) is 2.50. The van der Waals surface area contributed by atoms with E-state index in [1.54, 1.807) is 7.11 Å². The minimum absolute atomic E-state index is 0.411. The summed E-state index contributed by atoms with van der Waals surface area (Å²) in [5.74, 6) is 0. The number of nitrogens with one attached hydrogen (secondary N) is 1. The van der Waals surface area contributed by atoms with Crippen LogP contribution in [-0.2, 0) is 17.8 Å². The first-order valence-electron chi connectivity index (χ1n) is 7.21. The Balaban J connectivity index is 1.39. The summed E-state index contributed by atoms with van der Waals surface area (Å²) in [5, 5.41) is 11.8. The van der Waals surface area contributed by atoms with Gasteiger partial charge >= 0.3 is 0 Å². The Morgan fingerprint density at radius 3 is 3.00 bits per heavy atom. The molecule has 1 unspecified atom stereocenters. The predicted octanol–water partition coefficient (Wildman–Crippen LogP) is 0.251. The summed E-state index contributed by atoms with van der Waals surface area (Å²) >= 11 is 0. The van der Waals surface area contributed by atoms with Crippen molar-refractivity contribution >= 4 is 0 Å². The lowest BCUT2D eigenvalue weighted by Gasteiger charge is -2.14. The lowest BCUT2D eigenvalue weighted by molar-refractivity contribution is 0.107. The molecule has 6 nitrogen and oxygen atoms in total. The smallest absolute Gasteiger partial charge is 0.0964 e. The van der Waals surface area contributed by atoms with E-state index in [1.807, 2.05) is 4.68 Å². The van der Waals surface area contributed by atoms with Crippen molar-refractivity contribution in [2.75, 3.05) is 26.7 Å². The third-order valence-electron chi connectivity index (χ3n) is 3.94. The Labute approximate surface area is 114 Å². The van der Waals surface area contributed by atoms with Gasteiger partial charge in [0, 0.05) is 45.5 Å². The Bertz CT molecular complexity index is 403. The van der Waals surface area contributed by atoms with E-state index in [9.17, 15) is 0 Å². The molecule has 1 aliphatic carbocycles. The summed E-state index contributed by atoms with van der Waals surface area (Å²) in [6, 6.07) is 0.723. The largest absolute Gasteiger partial charge is 0.380 e. The topological polar surface area (TPSA) is 55.2 Å². The molecule has 1 aliphatic heterocycles. The van der Waals surface area contributed by atoms with Crippen LogP contribution >= 0.6 is 0 Å². The number of methoxy groups -OCH3 is 1. The van der Waals surface area contributed by atoms with E-state index in [0.29, 0.717) is 6.10 Å². The van der Waals surface area contributed by atoms with Crippen molar-refractivity contribution in [3.05, 3.63) is 11.9 Å². The van der Waals surface area contributed by atoms with Gasteiger partial charge < -0.3 is 10.1 Å². The Morgan fingerprint density at radius 1 is 1.37 bits per heavy atom. The molecule has 106 valence electrons. The van der Waals surface area contributed by atoms with E-state index in [2.05, 4.69) is 26.7 Å². The molecule has 6 heteroatoms. The fraction of sp³-hybridized carbons (Fsp3) is 0.846. The Morgan fingerprint density at radius 2 is 2.26 bits per heavy atom. The molecule has 0 amide bonds. The lowest BCUT2D eigenvalue weighted by Crippen LogP contribution is -2.26. The molecule has 1 atom stereocenters. The van der Waals surface area contributed by atoms with Crippen LogP contribution in [0, 0.1) is 0 Å². The summed E-state index contributed by atoms with van der Waals surface area (Å²) in [6.45, 7) is 4.95. The van der Waals surface area contributed by atoms with E-state index in [1.165, 1.54) is 12.8 Å². The highest BCUT2D eigenvalue weighted by molar-refractivity contribution is 4.94. The third kappa shape index (κ3) is 3.75. The molecule has 0 aromatic carbocycles. The average Bonchev–Trinajstić information content (AvgIpc) is 2.97. The van der Waals surface area contributed by atoms with Gasteiger partial charge in [-0.2, -0.15) is 0 Å². The Kier molecular flexibility index (Phi) is 4.10. The zero-order chi connectivity index (χ0) is 13.1. The van der Waals surface area contributed by atoms with Crippen molar-refractivity contribution in [2.24, 2.45) is 0 Å². The van der Waals surface area contributed by atoms with Crippen LogP contribution in [0.15, 0.2) is 6.20 Å². The molecule has 3 rings (SSSR count). The lowest BCUT2D eigenvalue weighted by atomic mass is 10.3. The number of hydrogen-bond donors (Lipinski definition) is 1. The van der Waals surface area contributed by atoms with Crippen LogP contribution in [0.25, 0.3) is 0 Å². The molecule has 1 saturated heterocycles. The van der Waals surface area contributed by atoms with Gasteiger partial charge in [0.1, 0.15) is 0 Å². The van der Waals surface area contributed by atoms with E-state index in [0.717, 1.165) is 50.9 Å². The second kappa shape index (κ2) is 5.98. The van der Waals surface area contributed by atoms with E-state index >= 15 is 0 Å². The number of hydrogen-bond acceptors (Lipinski definition) is 5. The normalized spacial score (nSPS) is 24.2. The average molecular weight is 265 g/mol. The molecular formula is C13H23N5O. The predicted molar refractivity (Wildman–Crippen MR) is 71.7 cm³/mol. The standard InChI is InChI=1S/C13H23N5O/c1-19-13-4-5-17(10-13)6-7-18-9-12(15-16-18)8-14-11-2-3-11/h9,11,13-14H,2-8,10H2,1H3. The number of nitrogens with zero attached hydrogens (tertiary/aromatic N) is 4. The second-order valence-electron chi connectivity index (χ2n) is 5.58. The quantitative estimate of drug-likeness (QED) is 0.766. The molecule has 0 radical (unpaired) electrons. The van der Waals surface area contributed by atoms with Crippen molar-refractivity contribution in [1.29, 1.82) is 0 Å². The zero-order valence-electron chi connectivity index (χ0n) is 11.6. The molecule has 1 N–H and O–H groups in total. The molecule has 1 saturated carbocycles. The van der Waals surface area contributed by atoms with Crippen molar-refractivity contribution in [3.63, 3.8) is 0 Å². The van der Waals surface area contributed by atoms with E-state index < -0.39 is 0 Å². The minimum atomic E-state index is 0.411. The third-order valence-corrected chi connectivity index (χ3v) is 3.94. The zero-order valence-corrected chi connectivity index (χ0v) is 11.6. The SMILES string of the molecule is COC1CCN(CCn2cc(CNC3CC3)nn2)C1. The van der Waals surface area contributed by atoms with Crippen LogP contribution in [-0.4, -0.2) is 58.8 Å². The highest BCUT2D eigenvalue weighted by atomic mass is 16.5. The summed E-state index contributed by atoms with van der Waals surface area (Å²) < 4.78 is 7.32. The van der Waals surface area contributed by atoms with Gasteiger partial charge in [-0.15, -0.1) is 5.10 Å². The highest BCUT2D eigenvalue weighted by Gasteiger charge is 2.22. The molecule has 0 spiro atoms. The second-order valence-corrected chi connectivity index (χ2v) is 5.58. The fourth-order valence-electron chi connectivity index (χ4n) is 2.50. The molecular weight excluding hydrogens is 242 g/mol. The van der Waals surface area contributed by atoms with Crippen LogP contribution < -0.4 is 5.32 Å². The van der Waals surface area contributed by atoms with Gasteiger partial charge in [-0.25, -0.2) is 0 Å². The number of likely N-dealkylation sites (tertiary alicyclic amines) is 1. The maximum atomic E-state index is 5.37. The van der Waals surface area contributed by atoms with E-state index in [-0.39, 0.29) is 0 Å². The van der Waals surface area contributed by atoms with Crippen LogP contribution in [0.1, 0.15) is 25.0 Å². The first kappa shape index (κ1) is 13.0. The molecule has 2 aliphatic rings. The summed E-state index contributed by atoms with van der Waals surface area (Å²) in [7, 11) is 1.80. The molecule has 19 heavy (non-hydrogen) atoms. The molecule has 2 heterocycles. The van der Waals surface area contributed by atoms with Crippen LogP contribution in [0.2, 0.25) is 0 Å². The van der Waals surface area contributed by atoms with Crippen molar-refractivity contribution in [2.45, 2.75) is 44.5 Å². The monoisotopic (exact) mass is 265 g/mol. The van der Waals surface area contributed by atoms with E-state index in [4.69, 9.17) is 4.74 Å². The van der Waals surface area contributed by atoms with Crippen molar-refractivity contribution in [1.82, 2.24) is 25.2 Å². The number of ether oxygens (including phenoxy) is 1. The number of aromatic nitrogens is 3. The van der Waals surface area contributed by atoms with Gasteiger partial charge in [-0.1, -0.05) is 5.21 Å². The van der Waals surface area contributed by atoms with Gasteiger partial charge in [0.25, 0.3) is 0 Å². The summed E-state index contributed by atoms with van der Waals surface area (Å²) in [6.07, 6.45) is 6.23. The molecule has 2 fully saturated rings. The molecule has 0 bridgehead atoms. The number of rotatable bonds is 7. The van der Waals surface area contributed by atoms with Gasteiger partial charge in [0.05, 0.1) is 18.3 Å². The molecule has 1 aromatic rings. The first-order chi connectivity index (χ1) is 9.33. The van der Waals surface area contributed by atoms with Gasteiger partial charge in [-0.05, 0) is 19.3 Å². The highest BCUT2D eigenvalue weighted by Crippen LogP contribution is 2.18. The summed E-state index contributed by atoms with van der Waals surface area (Å²) in [5.41, 5.74) is 1.04. The van der Waals surface area contributed by atoms with Gasteiger partial charge in [0.2, 0.25) is 0 Å². The van der Waals surface area contributed by atoms with Gasteiger partial charge in [-0.3, -0.25) is 9.58 Å². The van der Waals surface area contributed by atoms with Crippen LogP contribution in [0.3, 0.4) is 0 Å². The first-order valence-corrected chi connectivity index (χ1v) is 7.21. The van der Waals surface area contributed by atoms with Gasteiger partial charge in [0.15, 0.2) is 0 Å². The van der Waals surface area contributed by atoms with Crippen molar-refractivity contribution in [3.8, 4) is 0 Å². The van der Waals surface area contributed by atoms with Crippen molar-refractivity contribution < 1.29 is 4.74 Å². The molecule has 1 aromatic heterocycles. The summed E-state index contributed by atoms with van der Waals surface area (Å²) in [4.78, 5) is 2.43. The van der Waals surface area contributed by atoms with Crippen LogP contribution in [0.4, 0.5) is 0 Å². The maximum Gasteiger partial charge on any atom is 0.0964 e. The minimum Gasteiger partial charge on any atom is -0.380 e. The van der Waals surface area contributed by atoms with Crippen LogP contribution in [0.5, 0.6) is 0 Å². The maximum absolute atomic E-state index is 5.37.